The monoisotopic (exact) mass is 462 g/mol. The van der Waals surface area contributed by atoms with Crippen LogP contribution in [-0.2, 0) is 24.8 Å². The lowest BCUT2D eigenvalue weighted by Crippen LogP contribution is -2.66. The third kappa shape index (κ3) is 4.34. The number of hydrogen-bond donors (Lipinski definition) is 2. The Labute approximate surface area is 199 Å². The Bertz CT molecular complexity index is 1000. The Morgan fingerprint density at radius 2 is 1.76 bits per heavy atom. The first-order valence-electron chi connectivity index (χ1n) is 11.5. The van der Waals surface area contributed by atoms with Crippen LogP contribution in [0.5, 0.6) is 0 Å². The summed E-state index contributed by atoms with van der Waals surface area (Å²) in [4.78, 5) is 41.8. The third-order valence-electron chi connectivity index (χ3n) is 6.34. The van der Waals surface area contributed by atoms with Gasteiger partial charge in [0.05, 0.1) is 0 Å². The van der Waals surface area contributed by atoms with Gasteiger partial charge >= 0.3 is 5.97 Å². The number of benzene rings is 2. The number of rotatable bonds is 8. The summed E-state index contributed by atoms with van der Waals surface area (Å²) in [5, 5.41) is 6.16. The summed E-state index contributed by atoms with van der Waals surface area (Å²) >= 11 is 0. The zero-order chi connectivity index (χ0) is 24.1. The molecule has 2 saturated heterocycles. The van der Waals surface area contributed by atoms with Gasteiger partial charge in [0, 0.05) is 50.8 Å². The van der Waals surface area contributed by atoms with Gasteiger partial charge in [0.15, 0.2) is 0 Å². The lowest BCUT2D eigenvalue weighted by Gasteiger charge is -2.44. The molecule has 2 fully saturated rings. The smallest absolute Gasteiger partial charge is 0.327 e. The average molecular weight is 463 g/mol. The maximum absolute atomic E-state index is 13.4. The topological polar surface area (TPSA) is 91.0 Å². The van der Waals surface area contributed by atoms with Gasteiger partial charge in [-0.1, -0.05) is 66.7 Å². The van der Waals surface area contributed by atoms with Crippen molar-refractivity contribution >= 4 is 17.8 Å². The van der Waals surface area contributed by atoms with Crippen molar-refractivity contribution in [2.24, 2.45) is 0 Å². The van der Waals surface area contributed by atoms with Crippen molar-refractivity contribution in [1.29, 1.82) is 0 Å². The van der Waals surface area contributed by atoms with Crippen LogP contribution in [0.25, 0.3) is 0 Å². The van der Waals surface area contributed by atoms with Crippen LogP contribution in [0.1, 0.15) is 18.1 Å². The highest BCUT2D eigenvalue weighted by Gasteiger charge is 2.60. The molecule has 2 unspecified atom stereocenters. The maximum atomic E-state index is 13.4. The standard InChI is InChI=1S/C26H30N4O4/c1-3-15-29(19(2)31)16-14-28-24(32)22-17-27-18-23-25(33)34-26(30(22)23,20-10-6-4-7-11-20)21-12-8-5-9-13-21/h3-13,22-23,27H,1,14-18H2,2H3,(H,28,32). The fourth-order valence-electron chi connectivity index (χ4n) is 4.77. The highest BCUT2D eigenvalue weighted by atomic mass is 16.6. The molecule has 2 aromatic rings. The lowest BCUT2D eigenvalue weighted by molar-refractivity contribution is -0.153. The number of ether oxygens (including phenoxy) is 1. The molecule has 0 radical (unpaired) electrons. The van der Waals surface area contributed by atoms with Crippen LogP contribution in [0.3, 0.4) is 0 Å². The molecule has 2 aliphatic rings. The number of esters is 1. The molecule has 0 saturated carbocycles. The van der Waals surface area contributed by atoms with E-state index in [1.807, 2.05) is 65.6 Å². The van der Waals surface area contributed by atoms with E-state index in [2.05, 4.69) is 17.2 Å². The van der Waals surface area contributed by atoms with E-state index in [1.54, 1.807) is 11.0 Å². The van der Waals surface area contributed by atoms with E-state index in [4.69, 9.17) is 4.74 Å². The number of hydrogen-bond acceptors (Lipinski definition) is 6. The predicted molar refractivity (Wildman–Crippen MR) is 128 cm³/mol. The molecule has 0 aromatic heterocycles. The number of amides is 2. The fourth-order valence-corrected chi connectivity index (χ4v) is 4.77. The minimum Gasteiger partial charge on any atom is -0.434 e. The normalized spacial score (nSPS) is 21.3. The van der Waals surface area contributed by atoms with E-state index in [-0.39, 0.29) is 17.8 Å². The highest BCUT2D eigenvalue weighted by Crippen LogP contribution is 2.45. The molecule has 4 rings (SSSR count). The van der Waals surface area contributed by atoms with Gasteiger partial charge in [-0.2, -0.15) is 0 Å². The minimum absolute atomic E-state index is 0.0840. The van der Waals surface area contributed by atoms with Crippen molar-refractivity contribution in [1.82, 2.24) is 20.4 Å². The van der Waals surface area contributed by atoms with E-state index in [0.717, 1.165) is 11.1 Å². The summed E-state index contributed by atoms with van der Waals surface area (Å²) in [6.45, 7) is 6.99. The van der Waals surface area contributed by atoms with Gasteiger partial charge in [-0.25, -0.2) is 4.90 Å². The number of cyclic esters (lactones) is 1. The van der Waals surface area contributed by atoms with Gasteiger partial charge < -0.3 is 20.3 Å². The summed E-state index contributed by atoms with van der Waals surface area (Å²) in [6, 6.07) is 17.8. The Kier molecular flexibility index (Phi) is 7.09. The van der Waals surface area contributed by atoms with Crippen molar-refractivity contribution in [3.05, 3.63) is 84.4 Å². The molecule has 8 nitrogen and oxygen atoms in total. The van der Waals surface area contributed by atoms with Crippen LogP contribution in [0.4, 0.5) is 0 Å². The van der Waals surface area contributed by atoms with Gasteiger partial charge in [-0.05, 0) is 0 Å². The van der Waals surface area contributed by atoms with Crippen LogP contribution >= 0.6 is 0 Å². The van der Waals surface area contributed by atoms with Gasteiger partial charge in [0.1, 0.15) is 12.1 Å². The van der Waals surface area contributed by atoms with Crippen molar-refractivity contribution in [2.75, 3.05) is 32.7 Å². The number of fused-ring (bicyclic) bond motifs is 1. The zero-order valence-corrected chi connectivity index (χ0v) is 19.3. The SMILES string of the molecule is C=CCN(CCNC(=O)C1CNCC2C(=O)OC(c3ccccc3)(c3ccccc3)N12)C(C)=O. The second-order valence-corrected chi connectivity index (χ2v) is 8.44. The highest BCUT2D eigenvalue weighted by molar-refractivity contribution is 5.86. The molecule has 2 N–H and O–H groups in total. The number of carbonyl (C=O) groups is 3. The molecular weight excluding hydrogens is 432 g/mol. The van der Waals surface area contributed by atoms with Gasteiger partial charge in [-0.3, -0.25) is 14.4 Å². The van der Waals surface area contributed by atoms with E-state index in [1.165, 1.54) is 6.92 Å². The van der Waals surface area contributed by atoms with Crippen molar-refractivity contribution in [2.45, 2.75) is 24.7 Å². The number of nitrogens with zero attached hydrogens (tertiary/aromatic N) is 2. The molecule has 2 atom stereocenters. The molecule has 0 bridgehead atoms. The fraction of sp³-hybridized carbons (Fsp3) is 0.346. The first-order valence-corrected chi connectivity index (χ1v) is 11.5. The predicted octanol–water partition coefficient (Wildman–Crippen LogP) is 1.24. The van der Waals surface area contributed by atoms with Crippen molar-refractivity contribution in [3.63, 3.8) is 0 Å². The van der Waals surface area contributed by atoms with Crippen LogP contribution in [0.15, 0.2) is 73.3 Å². The molecule has 0 spiro atoms. The van der Waals surface area contributed by atoms with E-state index in [9.17, 15) is 14.4 Å². The number of carbonyl (C=O) groups excluding carboxylic acids is 3. The van der Waals surface area contributed by atoms with E-state index in [0.29, 0.717) is 32.7 Å². The van der Waals surface area contributed by atoms with Crippen molar-refractivity contribution < 1.29 is 19.1 Å². The molecule has 2 heterocycles. The summed E-state index contributed by atoms with van der Waals surface area (Å²) in [7, 11) is 0. The molecule has 178 valence electrons. The maximum Gasteiger partial charge on any atom is 0.327 e. The first-order chi connectivity index (χ1) is 16.5. The average Bonchev–Trinajstić information content (AvgIpc) is 3.18. The molecule has 2 aliphatic heterocycles. The van der Waals surface area contributed by atoms with Crippen LogP contribution < -0.4 is 10.6 Å². The molecular formula is C26H30N4O4. The quantitative estimate of drug-likeness (QED) is 0.453. The third-order valence-corrected chi connectivity index (χ3v) is 6.34. The first kappa shape index (κ1) is 23.7. The molecule has 2 amide bonds. The van der Waals surface area contributed by atoms with E-state index >= 15 is 0 Å². The summed E-state index contributed by atoms with van der Waals surface area (Å²) in [5.41, 5.74) is 0.346. The molecule has 2 aromatic carbocycles. The van der Waals surface area contributed by atoms with E-state index < -0.39 is 17.8 Å². The summed E-state index contributed by atoms with van der Waals surface area (Å²) in [6.07, 6.45) is 1.65. The Morgan fingerprint density at radius 3 is 2.32 bits per heavy atom. The van der Waals surface area contributed by atoms with Gasteiger partial charge in [-0.15, -0.1) is 6.58 Å². The summed E-state index contributed by atoms with van der Waals surface area (Å²) in [5.74, 6) is -0.681. The Balaban J connectivity index is 1.66. The molecule has 34 heavy (non-hydrogen) atoms. The zero-order valence-electron chi connectivity index (χ0n) is 19.3. The summed E-state index contributed by atoms with van der Waals surface area (Å²) < 4.78 is 6.16. The van der Waals surface area contributed by atoms with Gasteiger partial charge in [0.2, 0.25) is 17.5 Å². The van der Waals surface area contributed by atoms with Gasteiger partial charge in [0.25, 0.3) is 0 Å². The number of nitrogens with one attached hydrogen (secondary N) is 2. The van der Waals surface area contributed by atoms with Crippen molar-refractivity contribution in [3.8, 4) is 0 Å². The Morgan fingerprint density at radius 1 is 1.15 bits per heavy atom. The lowest BCUT2D eigenvalue weighted by atomic mass is 9.90. The Hall–Kier alpha value is -3.49. The molecule has 8 heteroatoms. The minimum atomic E-state index is -1.22. The van der Waals surface area contributed by atoms with Crippen LogP contribution in [-0.4, -0.2) is 72.4 Å². The second-order valence-electron chi connectivity index (χ2n) is 8.44. The van der Waals surface area contributed by atoms with Crippen LogP contribution in [0.2, 0.25) is 0 Å². The second kappa shape index (κ2) is 10.2. The molecule has 0 aliphatic carbocycles. The van der Waals surface area contributed by atoms with Crippen LogP contribution in [0, 0.1) is 0 Å². The largest absolute Gasteiger partial charge is 0.434 e. The number of piperazine rings is 1.